The minimum atomic E-state index is -0.418. The SMILES string of the molecule is Cc1nc2cnc3[nH]ccc3c2n1[C@@H]1CC[C@@H](CC(=O)OC(C)(C)C)C1. The van der Waals surface area contributed by atoms with Gasteiger partial charge >= 0.3 is 5.97 Å². The number of carbonyl (C=O) groups is 1. The Balaban J connectivity index is 1.58. The van der Waals surface area contributed by atoms with Crippen molar-refractivity contribution < 1.29 is 9.53 Å². The number of hydrogen-bond donors (Lipinski definition) is 1. The van der Waals surface area contributed by atoms with Crippen molar-refractivity contribution in [2.24, 2.45) is 5.92 Å². The first kappa shape index (κ1) is 17.1. The van der Waals surface area contributed by atoms with Crippen molar-refractivity contribution in [2.75, 3.05) is 0 Å². The van der Waals surface area contributed by atoms with Gasteiger partial charge in [0.15, 0.2) is 0 Å². The van der Waals surface area contributed by atoms with Crippen LogP contribution in [0.2, 0.25) is 0 Å². The van der Waals surface area contributed by atoms with Crippen LogP contribution in [-0.4, -0.2) is 31.1 Å². The van der Waals surface area contributed by atoms with Crippen molar-refractivity contribution in [1.29, 1.82) is 0 Å². The van der Waals surface area contributed by atoms with Gasteiger partial charge in [0.2, 0.25) is 0 Å². The standard InChI is InChI=1S/C20H26N4O2/c1-12-23-16-11-22-19-15(7-8-21-19)18(16)24(12)14-6-5-13(9-14)10-17(25)26-20(2,3)4/h7-8,11,13-14H,5-6,9-10H2,1-4H3,(H,21,22)/t13-,14-/m1/s1. The third kappa shape index (κ3) is 3.08. The highest BCUT2D eigenvalue weighted by Crippen LogP contribution is 2.40. The Morgan fingerprint density at radius 3 is 2.96 bits per heavy atom. The second kappa shape index (κ2) is 6.11. The molecule has 6 nitrogen and oxygen atoms in total. The van der Waals surface area contributed by atoms with E-state index in [1.54, 1.807) is 0 Å². The van der Waals surface area contributed by atoms with Crippen LogP contribution >= 0.6 is 0 Å². The zero-order chi connectivity index (χ0) is 18.5. The number of hydrogen-bond acceptors (Lipinski definition) is 4. The largest absolute Gasteiger partial charge is 0.460 e. The number of aromatic amines is 1. The lowest BCUT2D eigenvalue weighted by Crippen LogP contribution is -2.25. The summed E-state index contributed by atoms with van der Waals surface area (Å²) in [7, 11) is 0. The number of rotatable bonds is 3. The van der Waals surface area contributed by atoms with Crippen LogP contribution in [0, 0.1) is 12.8 Å². The van der Waals surface area contributed by atoms with E-state index in [2.05, 4.69) is 27.5 Å². The fourth-order valence-electron chi connectivity index (χ4n) is 4.24. The Kier molecular flexibility index (Phi) is 4.01. The first-order valence-electron chi connectivity index (χ1n) is 9.34. The molecule has 138 valence electrons. The molecule has 1 N–H and O–H groups in total. The number of imidazole rings is 1. The number of nitrogens with one attached hydrogen (secondary N) is 1. The molecule has 6 heteroatoms. The smallest absolute Gasteiger partial charge is 0.306 e. The van der Waals surface area contributed by atoms with Crippen LogP contribution in [0.5, 0.6) is 0 Å². The van der Waals surface area contributed by atoms with Gasteiger partial charge in [-0.25, -0.2) is 9.97 Å². The van der Waals surface area contributed by atoms with Gasteiger partial charge in [0.05, 0.1) is 11.7 Å². The van der Waals surface area contributed by atoms with Gasteiger partial charge in [0, 0.05) is 24.0 Å². The van der Waals surface area contributed by atoms with E-state index in [-0.39, 0.29) is 5.97 Å². The molecular formula is C20H26N4O2. The summed E-state index contributed by atoms with van der Waals surface area (Å²) in [4.78, 5) is 24.5. The quantitative estimate of drug-likeness (QED) is 0.712. The van der Waals surface area contributed by atoms with E-state index in [1.165, 1.54) is 0 Å². The molecule has 4 rings (SSSR count). The molecule has 0 unspecified atom stereocenters. The van der Waals surface area contributed by atoms with Crippen LogP contribution < -0.4 is 0 Å². The first-order chi connectivity index (χ1) is 12.3. The van der Waals surface area contributed by atoms with Crippen LogP contribution in [0.4, 0.5) is 0 Å². The molecule has 2 atom stereocenters. The molecule has 26 heavy (non-hydrogen) atoms. The number of pyridine rings is 1. The minimum Gasteiger partial charge on any atom is -0.460 e. The summed E-state index contributed by atoms with van der Waals surface area (Å²) in [6, 6.07) is 2.43. The highest BCUT2D eigenvalue weighted by atomic mass is 16.6. The molecule has 0 aliphatic heterocycles. The van der Waals surface area contributed by atoms with Crippen molar-refractivity contribution in [3.05, 3.63) is 24.3 Å². The molecule has 0 radical (unpaired) electrons. The number of nitrogens with zero attached hydrogens (tertiary/aromatic N) is 3. The van der Waals surface area contributed by atoms with Gasteiger partial charge in [-0.05, 0) is 58.9 Å². The van der Waals surface area contributed by atoms with E-state index in [9.17, 15) is 4.79 Å². The number of H-pyrrole nitrogens is 1. The summed E-state index contributed by atoms with van der Waals surface area (Å²) >= 11 is 0. The Labute approximate surface area is 153 Å². The lowest BCUT2D eigenvalue weighted by Gasteiger charge is -2.21. The molecule has 0 bridgehead atoms. The molecule has 1 saturated carbocycles. The van der Waals surface area contributed by atoms with Gasteiger partial charge in [-0.1, -0.05) is 0 Å². The van der Waals surface area contributed by atoms with Crippen molar-refractivity contribution in [3.63, 3.8) is 0 Å². The summed E-state index contributed by atoms with van der Waals surface area (Å²) < 4.78 is 7.85. The molecule has 0 saturated heterocycles. The van der Waals surface area contributed by atoms with Crippen LogP contribution in [0.3, 0.4) is 0 Å². The predicted octanol–water partition coefficient (Wildman–Crippen LogP) is 4.29. The van der Waals surface area contributed by atoms with Crippen molar-refractivity contribution in [2.45, 2.75) is 65.0 Å². The molecule has 1 fully saturated rings. The highest BCUT2D eigenvalue weighted by Gasteiger charge is 2.31. The molecule has 0 amide bonds. The average Bonchev–Trinajstić information content (AvgIpc) is 3.21. The number of aromatic nitrogens is 4. The lowest BCUT2D eigenvalue weighted by atomic mass is 10.0. The fourth-order valence-corrected chi connectivity index (χ4v) is 4.24. The minimum absolute atomic E-state index is 0.0902. The summed E-state index contributed by atoms with van der Waals surface area (Å²) in [6.07, 6.45) is 7.35. The van der Waals surface area contributed by atoms with Gasteiger partial charge in [-0.2, -0.15) is 0 Å². The van der Waals surface area contributed by atoms with E-state index in [4.69, 9.17) is 9.72 Å². The van der Waals surface area contributed by atoms with E-state index in [1.807, 2.05) is 33.2 Å². The zero-order valence-corrected chi connectivity index (χ0v) is 15.9. The highest BCUT2D eigenvalue weighted by molar-refractivity contribution is 6.01. The Bertz CT molecular complexity index is 963. The van der Waals surface area contributed by atoms with Crippen LogP contribution in [0.15, 0.2) is 18.5 Å². The van der Waals surface area contributed by atoms with Crippen LogP contribution in [0.1, 0.15) is 58.3 Å². The maximum absolute atomic E-state index is 12.2. The molecule has 3 heterocycles. The molecule has 1 aliphatic carbocycles. The monoisotopic (exact) mass is 354 g/mol. The second-order valence-electron chi connectivity index (χ2n) is 8.38. The van der Waals surface area contributed by atoms with E-state index < -0.39 is 5.60 Å². The molecule has 3 aromatic heterocycles. The summed E-state index contributed by atoms with van der Waals surface area (Å²) in [5.74, 6) is 1.29. The van der Waals surface area contributed by atoms with Gasteiger partial charge in [-0.3, -0.25) is 4.79 Å². The predicted molar refractivity (Wildman–Crippen MR) is 101 cm³/mol. The number of esters is 1. The fraction of sp³-hybridized carbons (Fsp3) is 0.550. The first-order valence-corrected chi connectivity index (χ1v) is 9.34. The number of carbonyl (C=O) groups excluding carboxylic acids is 1. The maximum Gasteiger partial charge on any atom is 0.306 e. The van der Waals surface area contributed by atoms with Crippen molar-refractivity contribution in [3.8, 4) is 0 Å². The van der Waals surface area contributed by atoms with Crippen LogP contribution in [-0.2, 0) is 9.53 Å². The molecule has 1 aliphatic rings. The molecule has 0 spiro atoms. The molecular weight excluding hydrogens is 328 g/mol. The van der Waals surface area contributed by atoms with Gasteiger partial charge in [-0.15, -0.1) is 0 Å². The number of fused-ring (bicyclic) bond motifs is 3. The zero-order valence-electron chi connectivity index (χ0n) is 15.9. The Hall–Kier alpha value is -2.37. The van der Waals surface area contributed by atoms with E-state index in [0.717, 1.165) is 47.2 Å². The van der Waals surface area contributed by atoms with Crippen molar-refractivity contribution in [1.82, 2.24) is 19.5 Å². The number of aryl methyl sites for hydroxylation is 1. The van der Waals surface area contributed by atoms with Gasteiger partial charge in [0.1, 0.15) is 22.6 Å². The normalized spacial score (nSPS) is 20.9. The third-order valence-corrected chi connectivity index (χ3v) is 5.16. The topological polar surface area (TPSA) is 72.8 Å². The maximum atomic E-state index is 12.2. The molecule has 0 aromatic carbocycles. The summed E-state index contributed by atoms with van der Waals surface area (Å²) in [6.45, 7) is 7.80. The lowest BCUT2D eigenvalue weighted by molar-refractivity contribution is -0.155. The van der Waals surface area contributed by atoms with E-state index in [0.29, 0.717) is 18.4 Å². The van der Waals surface area contributed by atoms with E-state index >= 15 is 0 Å². The van der Waals surface area contributed by atoms with Crippen LogP contribution in [0.25, 0.3) is 22.1 Å². The van der Waals surface area contributed by atoms with Crippen molar-refractivity contribution >= 4 is 28.0 Å². The Morgan fingerprint density at radius 2 is 2.19 bits per heavy atom. The molecule has 3 aromatic rings. The Morgan fingerprint density at radius 1 is 1.38 bits per heavy atom. The number of ether oxygens (including phenoxy) is 1. The van der Waals surface area contributed by atoms with Gasteiger partial charge < -0.3 is 14.3 Å². The van der Waals surface area contributed by atoms with Gasteiger partial charge in [0.25, 0.3) is 0 Å². The average molecular weight is 354 g/mol. The third-order valence-electron chi connectivity index (χ3n) is 5.16. The summed E-state index contributed by atoms with van der Waals surface area (Å²) in [5.41, 5.74) is 2.56. The second-order valence-corrected chi connectivity index (χ2v) is 8.38. The summed E-state index contributed by atoms with van der Waals surface area (Å²) in [5, 5.41) is 1.11.